The predicted octanol–water partition coefficient (Wildman–Crippen LogP) is 1.54. The molecule has 0 aliphatic heterocycles. The van der Waals surface area contributed by atoms with Crippen molar-refractivity contribution in [3.05, 3.63) is 41.3 Å². The molecule has 0 aliphatic carbocycles. The van der Waals surface area contributed by atoms with E-state index in [1.807, 2.05) is 0 Å². The fraction of sp³-hybridized carbons (Fsp3) is 0.167. The average Bonchev–Trinajstić information content (AvgIpc) is 2.84. The van der Waals surface area contributed by atoms with Crippen LogP contribution in [0.1, 0.15) is 22.1 Å². The van der Waals surface area contributed by atoms with Crippen LogP contribution in [0.5, 0.6) is 0 Å². The second-order valence-corrected chi connectivity index (χ2v) is 4.04. The number of hydrogen-bond acceptors (Lipinski definition) is 5. The lowest BCUT2D eigenvalue weighted by Gasteiger charge is -2.07. The van der Waals surface area contributed by atoms with E-state index < -0.39 is 17.8 Å². The number of carbonyl (C=O) groups is 2. The molecule has 1 heterocycles. The fourth-order valence-corrected chi connectivity index (χ4v) is 1.48. The predicted molar refractivity (Wildman–Crippen MR) is 68.3 cm³/mol. The molecule has 0 spiro atoms. The quantitative estimate of drug-likeness (QED) is 0.787. The Balaban J connectivity index is 1.94. The number of anilines is 1. The number of aromatic nitrogens is 2. The molecule has 2 amide bonds. The van der Waals surface area contributed by atoms with Gasteiger partial charge < -0.3 is 20.3 Å². The van der Waals surface area contributed by atoms with Crippen LogP contribution in [0.25, 0.3) is 0 Å². The van der Waals surface area contributed by atoms with E-state index in [1.54, 1.807) is 6.92 Å². The van der Waals surface area contributed by atoms with Gasteiger partial charge >= 0.3 is 12.0 Å². The summed E-state index contributed by atoms with van der Waals surface area (Å²) in [5, 5.41) is 16.9. The highest BCUT2D eigenvalue weighted by Gasteiger charge is 2.11. The lowest BCUT2D eigenvalue weighted by Crippen LogP contribution is -2.28. The number of carboxylic acid groups (broad SMARTS) is 1. The van der Waals surface area contributed by atoms with Gasteiger partial charge in [0.05, 0.1) is 17.8 Å². The van der Waals surface area contributed by atoms with Crippen LogP contribution in [0.2, 0.25) is 0 Å². The van der Waals surface area contributed by atoms with E-state index in [0.29, 0.717) is 5.82 Å². The van der Waals surface area contributed by atoms with Crippen LogP contribution in [0.15, 0.2) is 22.7 Å². The largest absolute Gasteiger partial charge is 0.478 e. The van der Waals surface area contributed by atoms with E-state index in [-0.39, 0.29) is 23.7 Å². The summed E-state index contributed by atoms with van der Waals surface area (Å²) in [6.07, 6.45) is 0. The van der Waals surface area contributed by atoms with E-state index in [9.17, 15) is 14.0 Å². The maximum Gasteiger partial charge on any atom is 0.335 e. The van der Waals surface area contributed by atoms with E-state index >= 15 is 0 Å². The zero-order chi connectivity index (χ0) is 15.4. The molecule has 110 valence electrons. The second-order valence-electron chi connectivity index (χ2n) is 4.04. The van der Waals surface area contributed by atoms with Crippen LogP contribution in [-0.2, 0) is 6.54 Å². The Bertz CT molecular complexity index is 686. The molecule has 8 nitrogen and oxygen atoms in total. The van der Waals surface area contributed by atoms with Crippen molar-refractivity contribution in [2.75, 3.05) is 5.32 Å². The van der Waals surface area contributed by atoms with E-state index in [2.05, 4.69) is 20.8 Å². The highest BCUT2D eigenvalue weighted by molar-refractivity contribution is 5.91. The molecule has 1 aromatic heterocycles. The summed E-state index contributed by atoms with van der Waals surface area (Å²) in [4.78, 5) is 26.1. The third kappa shape index (κ3) is 3.75. The summed E-state index contributed by atoms with van der Waals surface area (Å²) < 4.78 is 18.4. The standard InChI is InChI=1S/C12H11FN4O4/c1-6-15-10(21-17-6)5-14-12(20)16-9-3-2-7(11(18)19)4-8(9)13/h2-4H,5H2,1H3,(H,18,19)(H2,14,16,20). The van der Waals surface area contributed by atoms with Crippen LogP contribution < -0.4 is 10.6 Å². The van der Waals surface area contributed by atoms with Gasteiger partial charge in [-0.05, 0) is 25.1 Å². The Morgan fingerprint density at radius 2 is 2.19 bits per heavy atom. The summed E-state index contributed by atoms with van der Waals surface area (Å²) in [6.45, 7) is 1.62. The van der Waals surface area contributed by atoms with E-state index in [1.165, 1.54) is 6.07 Å². The number of rotatable bonds is 4. The van der Waals surface area contributed by atoms with Crippen LogP contribution in [0, 0.1) is 12.7 Å². The number of amides is 2. The van der Waals surface area contributed by atoms with Crippen LogP contribution in [0.3, 0.4) is 0 Å². The Kier molecular flexibility index (Phi) is 4.12. The van der Waals surface area contributed by atoms with Gasteiger partial charge in [0.2, 0.25) is 5.89 Å². The minimum absolute atomic E-state index is 0.0124. The molecule has 2 rings (SSSR count). The number of aryl methyl sites for hydroxylation is 1. The number of benzene rings is 1. The normalized spacial score (nSPS) is 10.2. The molecule has 0 saturated carbocycles. The molecule has 21 heavy (non-hydrogen) atoms. The molecular weight excluding hydrogens is 283 g/mol. The first-order valence-corrected chi connectivity index (χ1v) is 5.82. The van der Waals surface area contributed by atoms with Crippen LogP contribution >= 0.6 is 0 Å². The zero-order valence-corrected chi connectivity index (χ0v) is 10.9. The molecule has 0 saturated heterocycles. The summed E-state index contributed by atoms with van der Waals surface area (Å²) in [5.41, 5.74) is -0.348. The molecule has 9 heteroatoms. The van der Waals surface area contributed by atoms with Gasteiger partial charge in [0.25, 0.3) is 0 Å². The Hall–Kier alpha value is -2.97. The molecule has 0 atom stereocenters. The highest BCUT2D eigenvalue weighted by Crippen LogP contribution is 2.15. The number of carboxylic acids is 1. The number of nitrogens with one attached hydrogen (secondary N) is 2. The number of hydrogen-bond donors (Lipinski definition) is 3. The van der Waals surface area contributed by atoms with Gasteiger partial charge in [0, 0.05) is 0 Å². The molecule has 3 N–H and O–H groups in total. The summed E-state index contributed by atoms with van der Waals surface area (Å²) in [7, 11) is 0. The summed E-state index contributed by atoms with van der Waals surface area (Å²) in [6, 6.07) is 2.48. The lowest BCUT2D eigenvalue weighted by molar-refractivity contribution is 0.0696. The van der Waals surface area contributed by atoms with Crippen molar-refractivity contribution in [1.82, 2.24) is 15.5 Å². The Labute approximate surface area is 118 Å². The zero-order valence-electron chi connectivity index (χ0n) is 10.9. The molecule has 0 radical (unpaired) electrons. The van der Waals surface area contributed by atoms with Crippen molar-refractivity contribution in [2.45, 2.75) is 13.5 Å². The number of nitrogens with zero attached hydrogens (tertiary/aromatic N) is 2. The minimum atomic E-state index is -1.25. The van der Waals surface area contributed by atoms with Crippen LogP contribution in [-0.4, -0.2) is 27.2 Å². The smallest absolute Gasteiger partial charge is 0.335 e. The molecule has 1 aromatic carbocycles. The SMILES string of the molecule is Cc1noc(CNC(=O)Nc2ccc(C(=O)O)cc2F)n1. The van der Waals surface area contributed by atoms with Crippen molar-refractivity contribution in [2.24, 2.45) is 0 Å². The number of halogens is 1. The summed E-state index contributed by atoms with van der Waals surface area (Å²) in [5.74, 6) is -1.46. The first kappa shape index (κ1) is 14.4. The van der Waals surface area contributed by atoms with Gasteiger partial charge in [0.15, 0.2) is 5.82 Å². The van der Waals surface area contributed by atoms with E-state index in [0.717, 1.165) is 12.1 Å². The molecule has 0 fully saturated rings. The van der Waals surface area contributed by atoms with Crippen molar-refractivity contribution in [3.63, 3.8) is 0 Å². The first-order valence-electron chi connectivity index (χ1n) is 5.82. The van der Waals surface area contributed by atoms with Gasteiger partial charge in [-0.15, -0.1) is 0 Å². The third-order valence-electron chi connectivity index (χ3n) is 2.43. The van der Waals surface area contributed by atoms with Gasteiger partial charge in [-0.3, -0.25) is 0 Å². The van der Waals surface area contributed by atoms with Crippen LogP contribution in [0.4, 0.5) is 14.9 Å². The topological polar surface area (TPSA) is 117 Å². The number of urea groups is 1. The lowest BCUT2D eigenvalue weighted by atomic mass is 10.2. The Morgan fingerprint density at radius 3 is 2.76 bits per heavy atom. The molecule has 2 aromatic rings. The molecule has 0 bridgehead atoms. The number of aromatic carboxylic acids is 1. The second kappa shape index (κ2) is 5.99. The Morgan fingerprint density at radius 1 is 1.43 bits per heavy atom. The maximum atomic E-state index is 13.6. The van der Waals surface area contributed by atoms with Gasteiger partial charge in [-0.25, -0.2) is 14.0 Å². The van der Waals surface area contributed by atoms with Crippen molar-refractivity contribution < 1.29 is 23.6 Å². The molecule has 0 unspecified atom stereocenters. The molecular formula is C12H11FN4O4. The van der Waals surface area contributed by atoms with Gasteiger partial charge in [-0.1, -0.05) is 5.16 Å². The number of carbonyl (C=O) groups excluding carboxylic acids is 1. The third-order valence-corrected chi connectivity index (χ3v) is 2.43. The fourth-order valence-electron chi connectivity index (χ4n) is 1.48. The van der Waals surface area contributed by atoms with Crippen molar-refractivity contribution in [3.8, 4) is 0 Å². The van der Waals surface area contributed by atoms with Crippen molar-refractivity contribution >= 4 is 17.7 Å². The molecule has 0 aliphatic rings. The first-order chi connectivity index (χ1) is 9.95. The monoisotopic (exact) mass is 294 g/mol. The summed E-state index contributed by atoms with van der Waals surface area (Å²) >= 11 is 0. The van der Waals surface area contributed by atoms with Crippen molar-refractivity contribution in [1.29, 1.82) is 0 Å². The van der Waals surface area contributed by atoms with E-state index in [4.69, 9.17) is 9.63 Å². The average molecular weight is 294 g/mol. The highest BCUT2D eigenvalue weighted by atomic mass is 19.1. The minimum Gasteiger partial charge on any atom is -0.478 e. The van der Waals surface area contributed by atoms with Gasteiger partial charge in [-0.2, -0.15) is 4.98 Å². The van der Waals surface area contributed by atoms with Gasteiger partial charge in [0.1, 0.15) is 5.82 Å². The maximum absolute atomic E-state index is 13.6.